The molecule has 0 aliphatic heterocycles. The predicted octanol–water partition coefficient (Wildman–Crippen LogP) is 4.38. The second-order valence-corrected chi connectivity index (χ2v) is 6.69. The third-order valence-corrected chi connectivity index (χ3v) is 5.12. The second kappa shape index (κ2) is 6.31. The Morgan fingerprint density at radius 1 is 1.20 bits per heavy atom. The van der Waals surface area contributed by atoms with Gasteiger partial charge in [-0.05, 0) is 48.1 Å². The van der Waals surface area contributed by atoms with Crippen molar-refractivity contribution in [2.45, 2.75) is 31.7 Å². The van der Waals surface area contributed by atoms with E-state index in [2.05, 4.69) is 9.97 Å². The summed E-state index contributed by atoms with van der Waals surface area (Å²) in [6, 6.07) is 9.42. The molecule has 0 radical (unpaired) electrons. The molecule has 1 aliphatic carbocycles. The van der Waals surface area contributed by atoms with E-state index in [0.717, 1.165) is 42.1 Å². The molecule has 1 aliphatic rings. The number of hydrogen-bond acceptors (Lipinski definition) is 2. The van der Waals surface area contributed by atoms with Crippen LogP contribution >= 0.6 is 0 Å². The van der Waals surface area contributed by atoms with Gasteiger partial charge in [-0.3, -0.25) is 4.79 Å². The van der Waals surface area contributed by atoms with Crippen LogP contribution in [0.4, 0.5) is 4.39 Å². The fraction of sp³-hybridized carbons (Fsp3) is 0.300. The number of H-pyrrole nitrogens is 1. The van der Waals surface area contributed by atoms with Gasteiger partial charge in [0.2, 0.25) is 0 Å². The van der Waals surface area contributed by atoms with Gasteiger partial charge in [-0.15, -0.1) is 0 Å². The highest BCUT2D eigenvalue weighted by Crippen LogP contribution is 2.26. The van der Waals surface area contributed by atoms with Crippen molar-refractivity contribution in [3.05, 3.63) is 54.2 Å². The number of pyridine rings is 1. The van der Waals surface area contributed by atoms with Crippen LogP contribution in [0.3, 0.4) is 0 Å². The zero-order valence-corrected chi connectivity index (χ0v) is 14.1. The molecule has 128 valence electrons. The van der Waals surface area contributed by atoms with E-state index in [4.69, 9.17) is 0 Å². The molecule has 0 spiro atoms. The number of aromatic amines is 1. The maximum absolute atomic E-state index is 14.6. The lowest BCUT2D eigenvalue weighted by molar-refractivity contribution is 0.0724. The van der Waals surface area contributed by atoms with Crippen LogP contribution in [0.1, 0.15) is 36.2 Å². The van der Waals surface area contributed by atoms with E-state index >= 15 is 0 Å². The average Bonchev–Trinajstić information content (AvgIpc) is 3.31. The van der Waals surface area contributed by atoms with Gasteiger partial charge in [0.05, 0.1) is 0 Å². The summed E-state index contributed by atoms with van der Waals surface area (Å²) in [7, 11) is 1.74. The first kappa shape index (κ1) is 15.8. The molecule has 2 aromatic heterocycles. The molecule has 1 N–H and O–H groups in total. The second-order valence-electron chi connectivity index (χ2n) is 6.69. The van der Waals surface area contributed by atoms with Crippen molar-refractivity contribution in [2.75, 3.05) is 7.05 Å². The molecular weight excluding hydrogens is 317 g/mol. The molecule has 0 atom stereocenters. The monoisotopic (exact) mass is 337 g/mol. The quantitative estimate of drug-likeness (QED) is 0.771. The number of carbonyl (C=O) groups is 1. The number of amides is 1. The average molecular weight is 337 g/mol. The van der Waals surface area contributed by atoms with E-state index in [1.54, 1.807) is 18.1 Å². The summed E-state index contributed by atoms with van der Waals surface area (Å²) in [5.41, 5.74) is 2.48. The standard InChI is InChI=1S/C20H20FN3O/c1-24(16-4-2-3-5-16)20(25)19-17(21)11-15(12-23-19)13-6-7-18-14(10-13)8-9-22-18/h6-12,16,22H,2-5H2,1H3. The Kier molecular flexibility index (Phi) is 3.99. The third kappa shape index (κ3) is 2.90. The summed E-state index contributed by atoms with van der Waals surface area (Å²) in [6.45, 7) is 0. The molecule has 0 saturated heterocycles. The first-order valence-electron chi connectivity index (χ1n) is 8.64. The highest BCUT2D eigenvalue weighted by Gasteiger charge is 2.26. The zero-order valence-electron chi connectivity index (χ0n) is 14.1. The van der Waals surface area contributed by atoms with Crippen molar-refractivity contribution in [1.82, 2.24) is 14.9 Å². The fourth-order valence-corrected chi connectivity index (χ4v) is 3.61. The Labute approximate surface area is 145 Å². The molecule has 2 heterocycles. The van der Waals surface area contributed by atoms with Gasteiger partial charge in [0, 0.05) is 36.6 Å². The van der Waals surface area contributed by atoms with Gasteiger partial charge in [0.15, 0.2) is 11.5 Å². The highest BCUT2D eigenvalue weighted by molar-refractivity contribution is 5.93. The minimum absolute atomic E-state index is 0.0964. The lowest BCUT2D eigenvalue weighted by Gasteiger charge is -2.24. The van der Waals surface area contributed by atoms with Gasteiger partial charge in [-0.2, -0.15) is 0 Å². The van der Waals surface area contributed by atoms with Gasteiger partial charge in [0.25, 0.3) is 5.91 Å². The van der Waals surface area contributed by atoms with Gasteiger partial charge in [0.1, 0.15) is 0 Å². The first-order valence-corrected chi connectivity index (χ1v) is 8.64. The number of nitrogens with one attached hydrogen (secondary N) is 1. The molecule has 0 unspecified atom stereocenters. The molecule has 0 bridgehead atoms. The van der Waals surface area contributed by atoms with Crippen LogP contribution in [0.15, 0.2) is 42.7 Å². The summed E-state index contributed by atoms with van der Waals surface area (Å²) in [6.07, 6.45) is 7.66. The van der Waals surface area contributed by atoms with E-state index in [0.29, 0.717) is 5.56 Å². The Hall–Kier alpha value is -2.69. The number of aromatic nitrogens is 2. The topological polar surface area (TPSA) is 49.0 Å². The molecule has 3 aromatic rings. The number of benzene rings is 1. The van der Waals surface area contributed by atoms with Crippen molar-refractivity contribution in [3.8, 4) is 11.1 Å². The molecule has 1 amide bonds. The van der Waals surface area contributed by atoms with Crippen LogP contribution in [0.25, 0.3) is 22.0 Å². The summed E-state index contributed by atoms with van der Waals surface area (Å²) in [4.78, 5) is 21.5. The van der Waals surface area contributed by atoms with E-state index in [1.807, 2.05) is 30.5 Å². The SMILES string of the molecule is CN(C(=O)c1ncc(-c2ccc3[nH]ccc3c2)cc1F)C1CCCC1. The van der Waals surface area contributed by atoms with Gasteiger partial charge in [-0.1, -0.05) is 18.9 Å². The van der Waals surface area contributed by atoms with E-state index in [1.165, 1.54) is 6.07 Å². The van der Waals surface area contributed by atoms with Crippen molar-refractivity contribution < 1.29 is 9.18 Å². The Balaban J connectivity index is 1.62. The van der Waals surface area contributed by atoms with E-state index in [9.17, 15) is 9.18 Å². The first-order chi connectivity index (χ1) is 12.1. The largest absolute Gasteiger partial charge is 0.361 e. The Morgan fingerprint density at radius 3 is 2.76 bits per heavy atom. The molecule has 4 nitrogen and oxygen atoms in total. The lowest BCUT2D eigenvalue weighted by atomic mass is 10.1. The Bertz CT molecular complexity index is 928. The molecule has 1 aromatic carbocycles. The number of fused-ring (bicyclic) bond motifs is 1. The van der Waals surface area contributed by atoms with E-state index < -0.39 is 5.82 Å². The van der Waals surface area contributed by atoms with Gasteiger partial charge < -0.3 is 9.88 Å². The van der Waals surface area contributed by atoms with Crippen molar-refractivity contribution >= 4 is 16.8 Å². The van der Waals surface area contributed by atoms with E-state index in [-0.39, 0.29) is 17.6 Å². The van der Waals surface area contributed by atoms with Crippen LogP contribution in [0, 0.1) is 5.82 Å². The number of halogens is 1. The lowest BCUT2D eigenvalue weighted by Crippen LogP contribution is -2.36. The van der Waals surface area contributed by atoms with Crippen LogP contribution in [0.2, 0.25) is 0 Å². The van der Waals surface area contributed by atoms with Crippen LogP contribution in [-0.4, -0.2) is 33.9 Å². The molecule has 4 rings (SSSR count). The molecule has 5 heteroatoms. The minimum Gasteiger partial charge on any atom is -0.361 e. The minimum atomic E-state index is -0.568. The Morgan fingerprint density at radius 2 is 2.00 bits per heavy atom. The predicted molar refractivity (Wildman–Crippen MR) is 95.8 cm³/mol. The maximum Gasteiger partial charge on any atom is 0.275 e. The third-order valence-electron chi connectivity index (χ3n) is 5.12. The van der Waals surface area contributed by atoms with Gasteiger partial charge >= 0.3 is 0 Å². The molecule has 1 fully saturated rings. The van der Waals surface area contributed by atoms with Crippen LogP contribution in [0.5, 0.6) is 0 Å². The molecular formula is C20H20FN3O. The zero-order chi connectivity index (χ0) is 17.4. The number of rotatable bonds is 3. The van der Waals surface area contributed by atoms with Crippen molar-refractivity contribution in [2.24, 2.45) is 0 Å². The summed E-state index contributed by atoms with van der Waals surface area (Å²) in [5, 5.41) is 1.05. The normalized spacial score (nSPS) is 15.0. The van der Waals surface area contributed by atoms with Crippen LogP contribution < -0.4 is 0 Å². The summed E-state index contributed by atoms with van der Waals surface area (Å²) < 4.78 is 14.6. The molecule has 25 heavy (non-hydrogen) atoms. The van der Waals surface area contributed by atoms with Crippen LogP contribution in [-0.2, 0) is 0 Å². The van der Waals surface area contributed by atoms with Gasteiger partial charge in [-0.25, -0.2) is 9.37 Å². The summed E-state index contributed by atoms with van der Waals surface area (Å²) in [5.74, 6) is -0.904. The smallest absolute Gasteiger partial charge is 0.275 e. The van der Waals surface area contributed by atoms with Crippen molar-refractivity contribution in [1.29, 1.82) is 0 Å². The maximum atomic E-state index is 14.6. The van der Waals surface area contributed by atoms with Crippen molar-refractivity contribution in [3.63, 3.8) is 0 Å². The number of hydrogen-bond donors (Lipinski definition) is 1. The summed E-state index contributed by atoms with van der Waals surface area (Å²) >= 11 is 0. The fourth-order valence-electron chi connectivity index (χ4n) is 3.61. The highest BCUT2D eigenvalue weighted by atomic mass is 19.1. The number of nitrogens with zero attached hydrogens (tertiary/aromatic N) is 2. The number of carbonyl (C=O) groups excluding carboxylic acids is 1. The molecule has 1 saturated carbocycles.